The molecule has 0 aliphatic heterocycles. The lowest BCUT2D eigenvalue weighted by molar-refractivity contribution is 0.258. The van der Waals surface area contributed by atoms with Gasteiger partial charge >= 0.3 is 0 Å². The molecule has 0 unspecified atom stereocenters. The summed E-state index contributed by atoms with van der Waals surface area (Å²) in [5, 5.41) is 0. The van der Waals surface area contributed by atoms with Crippen molar-refractivity contribution >= 4 is 0 Å². The summed E-state index contributed by atoms with van der Waals surface area (Å²) in [6, 6.07) is 1.28. The third-order valence-electron chi connectivity index (χ3n) is 4.24. The second-order valence-corrected chi connectivity index (χ2v) is 5.45. The van der Waals surface area contributed by atoms with E-state index in [1.165, 1.54) is 44.4 Å². The van der Waals surface area contributed by atoms with E-state index in [0.29, 0.717) is 0 Å². The minimum atomic E-state index is -0.998. The zero-order valence-corrected chi connectivity index (χ0v) is 11.0. The number of halogens is 2. The Labute approximate surface area is 108 Å². The van der Waals surface area contributed by atoms with E-state index < -0.39 is 11.8 Å². The summed E-state index contributed by atoms with van der Waals surface area (Å²) < 4.78 is 25.7. The van der Waals surface area contributed by atoms with E-state index in [-0.39, 0.29) is 0 Å². The van der Waals surface area contributed by atoms with Crippen LogP contribution >= 0.6 is 0 Å². The van der Waals surface area contributed by atoms with Crippen molar-refractivity contribution < 1.29 is 8.78 Å². The summed E-state index contributed by atoms with van der Waals surface area (Å²) in [6.45, 7) is 2.26. The molecule has 1 aliphatic rings. The van der Waals surface area contributed by atoms with Crippen LogP contribution in [0.15, 0.2) is 12.3 Å². The van der Waals surface area contributed by atoms with Gasteiger partial charge in [0, 0.05) is 6.20 Å². The summed E-state index contributed by atoms with van der Waals surface area (Å²) >= 11 is 0. The van der Waals surface area contributed by atoms with E-state index in [4.69, 9.17) is 0 Å². The average Bonchev–Trinajstić information content (AvgIpc) is 2.41. The molecule has 1 saturated carbocycles. The van der Waals surface area contributed by atoms with Gasteiger partial charge in [-0.3, -0.25) is 0 Å². The van der Waals surface area contributed by atoms with Crippen LogP contribution in [0.4, 0.5) is 8.78 Å². The molecule has 1 heterocycles. The maximum Gasteiger partial charge on any atom is 0.248 e. The summed E-state index contributed by atoms with van der Waals surface area (Å²) in [4.78, 5) is 3.43. The van der Waals surface area contributed by atoms with Crippen molar-refractivity contribution in [3.05, 3.63) is 29.6 Å². The first-order chi connectivity index (χ1) is 8.69. The molecular weight excluding hydrogens is 232 g/mol. The molecule has 100 valence electrons. The second-order valence-electron chi connectivity index (χ2n) is 5.45. The Morgan fingerprint density at radius 1 is 1.17 bits per heavy atom. The highest BCUT2D eigenvalue weighted by Crippen LogP contribution is 2.33. The van der Waals surface area contributed by atoms with Crippen LogP contribution in [0, 0.1) is 23.6 Å². The van der Waals surface area contributed by atoms with Crippen LogP contribution in [0.3, 0.4) is 0 Å². The molecule has 18 heavy (non-hydrogen) atoms. The van der Waals surface area contributed by atoms with E-state index in [0.717, 1.165) is 30.2 Å². The van der Waals surface area contributed by atoms with Crippen molar-refractivity contribution in [2.45, 2.75) is 51.9 Å². The second kappa shape index (κ2) is 6.26. The van der Waals surface area contributed by atoms with Crippen LogP contribution in [0.2, 0.25) is 0 Å². The highest BCUT2D eigenvalue weighted by molar-refractivity contribution is 5.11. The quantitative estimate of drug-likeness (QED) is 0.719. The van der Waals surface area contributed by atoms with E-state index >= 15 is 0 Å². The molecule has 0 aromatic carbocycles. The number of nitrogens with zero attached hydrogens (tertiary/aromatic N) is 1. The van der Waals surface area contributed by atoms with Gasteiger partial charge < -0.3 is 0 Å². The molecule has 0 amide bonds. The molecule has 0 N–H and O–H groups in total. The minimum absolute atomic E-state index is 0.751. The van der Waals surface area contributed by atoms with Gasteiger partial charge in [0.25, 0.3) is 0 Å². The van der Waals surface area contributed by atoms with Gasteiger partial charge in [-0.2, -0.15) is 4.39 Å². The molecule has 1 aliphatic carbocycles. The molecular formula is C15H21F2N. The smallest absolute Gasteiger partial charge is 0.225 e. The summed E-state index contributed by atoms with van der Waals surface area (Å²) in [6.07, 6.45) is 9.87. The van der Waals surface area contributed by atoms with Crippen molar-refractivity contribution in [2.75, 3.05) is 0 Å². The SMILES string of the molecule is CC[C@H]1CC[C@H](CCc2cnc(F)c(F)c2)CC1. The first-order valence-electron chi connectivity index (χ1n) is 6.99. The first-order valence-corrected chi connectivity index (χ1v) is 6.99. The Bertz CT molecular complexity index is 384. The predicted octanol–water partition coefficient (Wildman–Crippen LogP) is 4.51. The fraction of sp³-hybridized carbons (Fsp3) is 0.667. The van der Waals surface area contributed by atoms with Gasteiger partial charge in [-0.05, 0) is 36.3 Å². The van der Waals surface area contributed by atoms with Crippen molar-refractivity contribution in [3.8, 4) is 0 Å². The Morgan fingerprint density at radius 2 is 1.83 bits per heavy atom. The summed E-state index contributed by atoms with van der Waals surface area (Å²) in [5.74, 6) is -0.170. The van der Waals surface area contributed by atoms with Crippen LogP contribution < -0.4 is 0 Å². The van der Waals surface area contributed by atoms with Gasteiger partial charge in [0.1, 0.15) is 0 Å². The van der Waals surface area contributed by atoms with Crippen LogP contribution in [0.25, 0.3) is 0 Å². The molecule has 3 heteroatoms. The topological polar surface area (TPSA) is 12.9 Å². The summed E-state index contributed by atoms with van der Waals surface area (Å²) in [5.41, 5.74) is 0.812. The molecule has 0 atom stereocenters. The van der Waals surface area contributed by atoms with Crippen molar-refractivity contribution in [1.82, 2.24) is 4.98 Å². The van der Waals surface area contributed by atoms with Gasteiger partial charge in [0.2, 0.25) is 5.95 Å². The number of aromatic nitrogens is 1. The van der Waals surface area contributed by atoms with E-state index in [9.17, 15) is 8.78 Å². The lowest BCUT2D eigenvalue weighted by Crippen LogP contribution is -2.14. The summed E-state index contributed by atoms with van der Waals surface area (Å²) in [7, 11) is 0. The van der Waals surface area contributed by atoms with Gasteiger partial charge in [0.15, 0.2) is 5.82 Å². The van der Waals surface area contributed by atoms with E-state index in [1.54, 1.807) is 0 Å². The van der Waals surface area contributed by atoms with Gasteiger partial charge in [0.05, 0.1) is 0 Å². The molecule has 0 saturated heterocycles. The van der Waals surface area contributed by atoms with E-state index in [1.807, 2.05) is 0 Å². The zero-order chi connectivity index (χ0) is 13.0. The molecule has 0 radical (unpaired) electrons. The maximum absolute atomic E-state index is 13.0. The number of rotatable bonds is 4. The highest BCUT2D eigenvalue weighted by Gasteiger charge is 2.19. The van der Waals surface area contributed by atoms with Crippen molar-refractivity contribution in [3.63, 3.8) is 0 Å². The molecule has 2 rings (SSSR count). The fourth-order valence-corrected chi connectivity index (χ4v) is 2.90. The Balaban J connectivity index is 1.79. The lowest BCUT2D eigenvalue weighted by Gasteiger charge is -2.27. The monoisotopic (exact) mass is 253 g/mol. The zero-order valence-electron chi connectivity index (χ0n) is 11.0. The number of aryl methyl sites for hydroxylation is 1. The van der Waals surface area contributed by atoms with E-state index in [2.05, 4.69) is 11.9 Å². The minimum Gasteiger partial charge on any atom is -0.225 e. The Morgan fingerprint density at radius 3 is 2.44 bits per heavy atom. The molecule has 0 bridgehead atoms. The lowest BCUT2D eigenvalue weighted by atomic mass is 9.79. The Kier molecular flexibility index (Phi) is 4.67. The number of hydrogen-bond donors (Lipinski definition) is 0. The van der Waals surface area contributed by atoms with Crippen LogP contribution in [0.5, 0.6) is 0 Å². The van der Waals surface area contributed by atoms with Crippen LogP contribution in [-0.2, 0) is 6.42 Å². The standard InChI is InChI=1S/C15H21F2N/c1-2-11-3-5-12(6-4-11)7-8-13-9-14(16)15(17)18-10-13/h9-12H,2-8H2,1H3/t11-,12-. The Hall–Kier alpha value is -0.990. The molecule has 0 spiro atoms. The van der Waals surface area contributed by atoms with Crippen LogP contribution in [0.1, 0.15) is 51.0 Å². The fourth-order valence-electron chi connectivity index (χ4n) is 2.90. The van der Waals surface area contributed by atoms with Gasteiger partial charge in [-0.1, -0.05) is 39.0 Å². The predicted molar refractivity (Wildman–Crippen MR) is 68.2 cm³/mol. The molecule has 1 nitrogen and oxygen atoms in total. The van der Waals surface area contributed by atoms with Gasteiger partial charge in [-0.25, -0.2) is 9.37 Å². The third-order valence-corrected chi connectivity index (χ3v) is 4.24. The first kappa shape index (κ1) is 13.4. The van der Waals surface area contributed by atoms with Crippen molar-refractivity contribution in [1.29, 1.82) is 0 Å². The van der Waals surface area contributed by atoms with Gasteiger partial charge in [-0.15, -0.1) is 0 Å². The molecule has 1 aromatic heterocycles. The van der Waals surface area contributed by atoms with Crippen LogP contribution in [-0.4, -0.2) is 4.98 Å². The molecule has 1 aromatic rings. The third kappa shape index (κ3) is 3.50. The maximum atomic E-state index is 13.0. The molecule has 1 fully saturated rings. The number of pyridine rings is 1. The largest absolute Gasteiger partial charge is 0.248 e. The number of hydrogen-bond acceptors (Lipinski definition) is 1. The normalized spacial score (nSPS) is 24.2. The highest BCUT2D eigenvalue weighted by atomic mass is 19.2. The average molecular weight is 253 g/mol. The van der Waals surface area contributed by atoms with Crippen molar-refractivity contribution in [2.24, 2.45) is 11.8 Å².